The third-order valence-corrected chi connectivity index (χ3v) is 8.18. The molecule has 1 aromatic heterocycles. The van der Waals surface area contributed by atoms with Gasteiger partial charge in [0.2, 0.25) is 0 Å². The smallest absolute Gasteiger partial charge is 0.143 e. The van der Waals surface area contributed by atoms with Crippen LogP contribution in [0.25, 0.3) is 88.0 Å². The van der Waals surface area contributed by atoms with Gasteiger partial charge in [0.25, 0.3) is 0 Å². The maximum atomic E-state index is 9.49. The fraction of sp³-hybridized carbons (Fsp3) is 0. The average Bonchev–Trinajstić information content (AvgIpc) is 3.62. The molecule has 0 saturated heterocycles. The Hall–Kier alpha value is -5.92. The Morgan fingerprint density at radius 1 is 0.378 bits per heavy atom. The van der Waals surface area contributed by atoms with Crippen LogP contribution in [0, 0.1) is 0 Å². The van der Waals surface area contributed by atoms with Gasteiger partial charge in [-0.1, -0.05) is 151 Å². The highest BCUT2D eigenvalue weighted by atomic mass is 16.3. The van der Waals surface area contributed by atoms with Gasteiger partial charge >= 0.3 is 0 Å². The summed E-state index contributed by atoms with van der Waals surface area (Å²) in [6.07, 6.45) is 0. The summed E-state index contributed by atoms with van der Waals surface area (Å²) in [5, 5.41) is 2.13. The van der Waals surface area contributed by atoms with Crippen LogP contribution in [-0.2, 0) is 0 Å². The maximum Gasteiger partial charge on any atom is 0.143 e. The standard InChI is InChI=1S/C44H28O/c1-3-13-29(14-4-1)33-25-26-40-39(28-33)43(44(45-40)34-24-23-30-15-7-8-18-32(30)27-34)42-37-21-11-9-19-35(37)41(31-16-5-2-6-17-31)36-20-10-12-22-38(36)42/h1-28H/i1D,3D,4D,9D,10D,11D,12D,13D,14D,19D,20D,21D,22D. The van der Waals surface area contributed by atoms with Crippen LogP contribution in [0.5, 0.6) is 0 Å². The lowest BCUT2D eigenvalue weighted by molar-refractivity contribution is 0.632. The minimum Gasteiger partial charge on any atom is -0.455 e. The first-order chi connectivity index (χ1) is 27.7. The van der Waals surface area contributed by atoms with E-state index in [1.165, 1.54) is 0 Å². The summed E-state index contributed by atoms with van der Waals surface area (Å²) in [4.78, 5) is 0. The van der Waals surface area contributed by atoms with E-state index in [9.17, 15) is 5.48 Å². The van der Waals surface area contributed by atoms with Crippen LogP contribution in [0.1, 0.15) is 17.8 Å². The van der Waals surface area contributed by atoms with Crippen molar-refractivity contribution in [1.29, 1.82) is 0 Å². The molecule has 1 heteroatoms. The van der Waals surface area contributed by atoms with Crippen molar-refractivity contribution in [1.82, 2.24) is 0 Å². The number of furan rings is 1. The molecule has 0 saturated carbocycles. The molecular weight excluding hydrogens is 544 g/mol. The fourth-order valence-electron chi connectivity index (χ4n) is 6.20. The highest BCUT2D eigenvalue weighted by Crippen LogP contribution is 2.50. The highest BCUT2D eigenvalue weighted by molar-refractivity contribution is 6.25. The van der Waals surface area contributed by atoms with E-state index in [0.717, 1.165) is 10.8 Å². The Bertz CT molecular complexity index is 3150. The van der Waals surface area contributed by atoms with Gasteiger partial charge in [0.05, 0.1) is 17.8 Å². The highest BCUT2D eigenvalue weighted by Gasteiger charge is 2.24. The molecule has 0 spiro atoms. The van der Waals surface area contributed by atoms with E-state index in [1.807, 2.05) is 42.5 Å². The molecule has 0 amide bonds. The van der Waals surface area contributed by atoms with Crippen LogP contribution in [-0.4, -0.2) is 0 Å². The van der Waals surface area contributed by atoms with E-state index < -0.39 is 78.6 Å². The van der Waals surface area contributed by atoms with Crippen molar-refractivity contribution >= 4 is 43.3 Å². The van der Waals surface area contributed by atoms with Crippen molar-refractivity contribution in [2.24, 2.45) is 0 Å². The Balaban J connectivity index is 1.57. The molecule has 0 unspecified atom stereocenters. The van der Waals surface area contributed by atoms with Crippen molar-refractivity contribution in [3.63, 3.8) is 0 Å². The molecule has 0 aliphatic carbocycles. The summed E-state index contributed by atoms with van der Waals surface area (Å²) in [5.74, 6) is 0.217. The Labute approximate surface area is 279 Å². The quantitative estimate of drug-likeness (QED) is 0.187. The molecule has 1 nitrogen and oxygen atoms in total. The normalized spacial score (nSPS) is 15.6. The Morgan fingerprint density at radius 3 is 1.69 bits per heavy atom. The van der Waals surface area contributed by atoms with Crippen LogP contribution in [0.3, 0.4) is 0 Å². The van der Waals surface area contributed by atoms with Gasteiger partial charge in [0.15, 0.2) is 0 Å². The molecule has 9 rings (SSSR count). The molecule has 1 heterocycles. The number of hydrogen-bond donors (Lipinski definition) is 0. The van der Waals surface area contributed by atoms with Crippen molar-refractivity contribution in [2.45, 2.75) is 0 Å². The van der Waals surface area contributed by atoms with E-state index >= 15 is 0 Å². The number of fused-ring (bicyclic) bond motifs is 4. The second-order valence-corrected chi connectivity index (χ2v) is 10.7. The van der Waals surface area contributed by atoms with E-state index in [-0.39, 0.29) is 60.7 Å². The molecule has 0 fully saturated rings. The summed E-state index contributed by atoms with van der Waals surface area (Å²) in [6.45, 7) is 0. The van der Waals surface area contributed by atoms with Gasteiger partial charge in [0.1, 0.15) is 11.3 Å². The molecule has 8 aromatic carbocycles. The van der Waals surface area contributed by atoms with Crippen LogP contribution in [0.2, 0.25) is 0 Å². The zero-order valence-electron chi connectivity index (χ0n) is 36.6. The van der Waals surface area contributed by atoms with Crippen LogP contribution in [0.15, 0.2) is 174 Å². The molecule has 0 aliphatic rings. The van der Waals surface area contributed by atoms with E-state index in [4.69, 9.17) is 16.8 Å². The summed E-state index contributed by atoms with van der Waals surface area (Å²) >= 11 is 0. The van der Waals surface area contributed by atoms with Crippen LogP contribution in [0.4, 0.5) is 0 Å². The average molecular weight is 586 g/mol. The van der Waals surface area contributed by atoms with Crippen molar-refractivity contribution in [3.8, 4) is 44.7 Å². The SMILES string of the molecule is [2H]c1c([2H])c([2H])c(-c2ccc3oc(-c4ccc5ccccc5c4)c(-c4c5c([2H])c([2H])c([2H])c([2H])c5c(-c5ccccc5)c5c([2H])c([2H])c([2H])c([2H])c45)c3c2)c([2H])c1[2H]. The van der Waals surface area contributed by atoms with Crippen LogP contribution < -0.4 is 0 Å². The second kappa shape index (κ2) is 10.4. The van der Waals surface area contributed by atoms with Gasteiger partial charge in [-0.15, -0.1) is 0 Å². The lowest BCUT2D eigenvalue weighted by Crippen LogP contribution is -1.91. The molecule has 210 valence electrons. The number of rotatable bonds is 4. The van der Waals surface area contributed by atoms with Gasteiger partial charge in [-0.25, -0.2) is 0 Å². The minimum absolute atomic E-state index is 0.0136. The number of hydrogen-bond acceptors (Lipinski definition) is 1. The Kier molecular flexibility index (Phi) is 3.62. The van der Waals surface area contributed by atoms with E-state index in [0.29, 0.717) is 16.5 Å². The summed E-state index contributed by atoms with van der Waals surface area (Å²) in [6, 6.07) is 20.3. The van der Waals surface area contributed by atoms with Gasteiger partial charge in [0, 0.05) is 22.1 Å². The zero-order chi connectivity index (χ0) is 41.1. The Morgan fingerprint density at radius 2 is 0.978 bits per heavy atom. The van der Waals surface area contributed by atoms with Crippen LogP contribution >= 0.6 is 0 Å². The predicted molar refractivity (Wildman–Crippen MR) is 190 cm³/mol. The number of benzene rings is 8. The third kappa shape index (κ3) is 4.17. The summed E-state index contributed by atoms with van der Waals surface area (Å²) in [7, 11) is 0. The van der Waals surface area contributed by atoms with Crippen molar-refractivity contribution in [3.05, 3.63) is 170 Å². The summed E-state index contributed by atoms with van der Waals surface area (Å²) in [5.41, 5.74) is 1.92. The van der Waals surface area contributed by atoms with Gasteiger partial charge in [-0.2, -0.15) is 0 Å². The molecule has 0 atom stereocenters. The summed E-state index contributed by atoms with van der Waals surface area (Å²) < 4.78 is 122. The van der Waals surface area contributed by atoms with E-state index in [1.54, 1.807) is 48.5 Å². The fourth-order valence-corrected chi connectivity index (χ4v) is 6.20. The zero-order valence-corrected chi connectivity index (χ0v) is 23.6. The van der Waals surface area contributed by atoms with E-state index in [2.05, 4.69) is 0 Å². The monoisotopic (exact) mass is 585 g/mol. The molecular formula is C44H28O. The maximum absolute atomic E-state index is 9.49. The van der Waals surface area contributed by atoms with Crippen molar-refractivity contribution < 1.29 is 22.2 Å². The molecule has 0 bridgehead atoms. The lowest BCUT2D eigenvalue weighted by Gasteiger charge is -2.18. The largest absolute Gasteiger partial charge is 0.455 e. The minimum atomic E-state index is -0.558. The third-order valence-electron chi connectivity index (χ3n) is 8.18. The molecule has 0 N–H and O–H groups in total. The van der Waals surface area contributed by atoms with Crippen molar-refractivity contribution in [2.75, 3.05) is 0 Å². The van der Waals surface area contributed by atoms with Gasteiger partial charge < -0.3 is 4.42 Å². The topological polar surface area (TPSA) is 13.1 Å². The molecule has 45 heavy (non-hydrogen) atoms. The van der Waals surface area contributed by atoms with Gasteiger partial charge in [-0.05, 0) is 72.8 Å². The predicted octanol–water partition coefficient (Wildman–Crippen LogP) is 12.6. The second-order valence-electron chi connectivity index (χ2n) is 10.7. The molecule has 0 radical (unpaired) electrons. The first kappa shape index (κ1) is 15.7. The van der Waals surface area contributed by atoms with Gasteiger partial charge in [-0.3, -0.25) is 0 Å². The first-order valence-corrected chi connectivity index (χ1v) is 14.4. The molecule has 9 aromatic rings. The lowest BCUT2D eigenvalue weighted by atomic mass is 9.84. The first-order valence-electron chi connectivity index (χ1n) is 20.9. The molecule has 0 aliphatic heterocycles.